The van der Waals surface area contributed by atoms with E-state index in [0.717, 1.165) is 18.5 Å². The zero-order chi connectivity index (χ0) is 15.8. The van der Waals surface area contributed by atoms with Gasteiger partial charge in [0, 0.05) is 18.7 Å². The first-order valence-electron chi connectivity index (χ1n) is 7.34. The lowest BCUT2D eigenvalue weighted by molar-refractivity contribution is 0.392. The average Bonchev–Trinajstić information content (AvgIpc) is 2.38. The van der Waals surface area contributed by atoms with Crippen LogP contribution in [0.1, 0.15) is 31.4 Å². The first-order valence-corrected chi connectivity index (χ1v) is 7.34. The third-order valence-electron chi connectivity index (χ3n) is 3.06. The van der Waals surface area contributed by atoms with Crippen LogP contribution in [0.25, 0.3) is 0 Å². The molecule has 3 N–H and O–H groups in total. The fourth-order valence-corrected chi connectivity index (χ4v) is 1.88. The summed E-state index contributed by atoms with van der Waals surface area (Å²) in [5.74, 6) is 0.847. The number of rotatable bonds is 7. The van der Waals surface area contributed by atoms with Crippen molar-refractivity contribution in [3.8, 4) is 0 Å². The van der Waals surface area contributed by atoms with E-state index >= 15 is 0 Å². The molecule has 1 aromatic rings. The zero-order valence-electron chi connectivity index (χ0n) is 13.5. The topological polar surface area (TPSA) is 53.6 Å². The van der Waals surface area contributed by atoms with Gasteiger partial charge in [0.1, 0.15) is 5.82 Å². The van der Waals surface area contributed by atoms with Crippen LogP contribution in [0.15, 0.2) is 23.2 Å². The maximum Gasteiger partial charge on any atom is 0.188 e. The quantitative estimate of drug-likeness (QED) is 0.599. The standard InChI is InChI=1S/C16H27FN4/c1-12(2)7-8-19-16(18)20-10-13-5-6-14(11-21(3)4)15(17)9-13/h5-6,9,12H,7-8,10-11H2,1-4H3,(H3,18,19,20). The van der Waals surface area contributed by atoms with Crippen molar-refractivity contribution in [1.82, 2.24) is 10.2 Å². The van der Waals surface area contributed by atoms with Gasteiger partial charge in [-0.25, -0.2) is 9.38 Å². The van der Waals surface area contributed by atoms with E-state index in [1.54, 1.807) is 0 Å². The third-order valence-corrected chi connectivity index (χ3v) is 3.06. The second kappa shape index (κ2) is 8.62. The van der Waals surface area contributed by atoms with Gasteiger partial charge in [-0.05, 0) is 38.1 Å². The van der Waals surface area contributed by atoms with Crippen molar-refractivity contribution in [2.75, 3.05) is 20.6 Å². The lowest BCUT2D eigenvalue weighted by atomic mass is 10.1. The number of nitrogens with one attached hydrogen (secondary N) is 1. The molecule has 0 heterocycles. The number of aliphatic imine (C=N–C) groups is 1. The minimum atomic E-state index is -0.192. The molecule has 1 rings (SSSR count). The number of benzene rings is 1. The van der Waals surface area contributed by atoms with Gasteiger partial charge in [-0.2, -0.15) is 0 Å². The molecule has 0 unspecified atom stereocenters. The number of nitrogens with zero attached hydrogens (tertiary/aromatic N) is 2. The smallest absolute Gasteiger partial charge is 0.188 e. The molecule has 0 bridgehead atoms. The molecule has 0 aliphatic heterocycles. The number of hydrogen-bond donors (Lipinski definition) is 2. The second-order valence-corrected chi connectivity index (χ2v) is 5.97. The van der Waals surface area contributed by atoms with Crippen molar-refractivity contribution in [3.05, 3.63) is 35.1 Å². The molecule has 0 atom stereocenters. The van der Waals surface area contributed by atoms with E-state index in [0.29, 0.717) is 30.5 Å². The van der Waals surface area contributed by atoms with Crippen LogP contribution in [0.4, 0.5) is 4.39 Å². The first kappa shape index (κ1) is 17.4. The summed E-state index contributed by atoms with van der Waals surface area (Å²) in [6.07, 6.45) is 1.05. The highest BCUT2D eigenvalue weighted by Gasteiger charge is 2.04. The molecule has 0 spiro atoms. The van der Waals surface area contributed by atoms with Crippen LogP contribution in [-0.2, 0) is 13.1 Å². The minimum absolute atomic E-state index is 0.192. The molecular weight excluding hydrogens is 267 g/mol. The van der Waals surface area contributed by atoms with Crippen molar-refractivity contribution in [3.63, 3.8) is 0 Å². The SMILES string of the molecule is CC(C)CCNC(N)=NCc1ccc(CN(C)C)c(F)c1. The zero-order valence-corrected chi connectivity index (χ0v) is 13.5. The molecule has 0 saturated heterocycles. The third kappa shape index (κ3) is 7.09. The summed E-state index contributed by atoms with van der Waals surface area (Å²) in [7, 11) is 3.84. The highest BCUT2D eigenvalue weighted by atomic mass is 19.1. The monoisotopic (exact) mass is 294 g/mol. The maximum atomic E-state index is 13.9. The number of nitrogens with two attached hydrogens (primary N) is 1. The van der Waals surface area contributed by atoms with Gasteiger partial charge in [-0.1, -0.05) is 26.0 Å². The molecule has 118 valence electrons. The normalized spacial score (nSPS) is 12.2. The van der Waals surface area contributed by atoms with Crippen LogP contribution in [0, 0.1) is 11.7 Å². The Bertz CT molecular complexity index is 469. The number of hydrogen-bond acceptors (Lipinski definition) is 2. The molecule has 0 amide bonds. The molecule has 0 fully saturated rings. The van der Waals surface area contributed by atoms with Crippen LogP contribution in [0.3, 0.4) is 0 Å². The van der Waals surface area contributed by atoms with E-state index in [1.807, 2.05) is 31.1 Å². The Labute approximate surface area is 127 Å². The van der Waals surface area contributed by atoms with E-state index in [9.17, 15) is 4.39 Å². The number of guanidine groups is 1. The Morgan fingerprint density at radius 3 is 2.67 bits per heavy atom. The summed E-state index contributed by atoms with van der Waals surface area (Å²) in [5.41, 5.74) is 7.29. The summed E-state index contributed by atoms with van der Waals surface area (Å²) >= 11 is 0. The van der Waals surface area contributed by atoms with Gasteiger partial charge in [0.15, 0.2) is 5.96 Å². The van der Waals surface area contributed by atoms with Gasteiger partial charge in [0.25, 0.3) is 0 Å². The summed E-state index contributed by atoms with van der Waals surface area (Å²) < 4.78 is 13.9. The molecule has 1 aromatic carbocycles. The predicted molar refractivity (Wildman–Crippen MR) is 86.6 cm³/mol. The first-order chi connectivity index (χ1) is 9.88. The Balaban J connectivity index is 2.53. The summed E-state index contributed by atoms with van der Waals surface area (Å²) in [4.78, 5) is 6.17. The maximum absolute atomic E-state index is 13.9. The second-order valence-electron chi connectivity index (χ2n) is 5.97. The molecular formula is C16H27FN4. The van der Waals surface area contributed by atoms with Crippen molar-refractivity contribution in [2.24, 2.45) is 16.6 Å². The van der Waals surface area contributed by atoms with Gasteiger partial charge in [-0.3, -0.25) is 0 Å². The van der Waals surface area contributed by atoms with E-state index in [-0.39, 0.29) is 5.82 Å². The van der Waals surface area contributed by atoms with E-state index in [1.165, 1.54) is 6.07 Å². The van der Waals surface area contributed by atoms with Crippen LogP contribution in [0.2, 0.25) is 0 Å². The fraction of sp³-hybridized carbons (Fsp3) is 0.562. The van der Waals surface area contributed by atoms with E-state index in [4.69, 9.17) is 5.73 Å². The molecule has 5 heteroatoms. The van der Waals surface area contributed by atoms with Crippen LogP contribution >= 0.6 is 0 Å². The lowest BCUT2D eigenvalue weighted by Gasteiger charge is -2.11. The highest BCUT2D eigenvalue weighted by Crippen LogP contribution is 2.12. The molecule has 21 heavy (non-hydrogen) atoms. The van der Waals surface area contributed by atoms with Gasteiger partial charge in [0.2, 0.25) is 0 Å². The predicted octanol–water partition coefficient (Wildman–Crippen LogP) is 2.34. The minimum Gasteiger partial charge on any atom is -0.370 e. The van der Waals surface area contributed by atoms with Crippen LogP contribution in [0.5, 0.6) is 0 Å². The average molecular weight is 294 g/mol. The molecule has 0 aliphatic carbocycles. The van der Waals surface area contributed by atoms with E-state index in [2.05, 4.69) is 24.2 Å². The Hall–Kier alpha value is -1.62. The van der Waals surface area contributed by atoms with Crippen molar-refractivity contribution >= 4 is 5.96 Å². The molecule has 0 aliphatic rings. The van der Waals surface area contributed by atoms with Gasteiger partial charge in [0.05, 0.1) is 6.54 Å². The van der Waals surface area contributed by atoms with Crippen molar-refractivity contribution < 1.29 is 4.39 Å². The molecule has 0 saturated carbocycles. The molecule has 4 nitrogen and oxygen atoms in total. The molecule has 0 radical (unpaired) electrons. The molecule has 0 aromatic heterocycles. The summed E-state index contributed by atoms with van der Waals surface area (Å²) in [6, 6.07) is 5.24. The fourth-order valence-electron chi connectivity index (χ4n) is 1.88. The van der Waals surface area contributed by atoms with Crippen LogP contribution in [-0.4, -0.2) is 31.5 Å². The lowest BCUT2D eigenvalue weighted by Crippen LogP contribution is -2.32. The van der Waals surface area contributed by atoms with Crippen LogP contribution < -0.4 is 11.1 Å². The highest BCUT2D eigenvalue weighted by molar-refractivity contribution is 5.77. The van der Waals surface area contributed by atoms with Gasteiger partial charge >= 0.3 is 0 Å². The van der Waals surface area contributed by atoms with Crippen molar-refractivity contribution in [1.29, 1.82) is 0 Å². The van der Waals surface area contributed by atoms with Gasteiger partial charge in [-0.15, -0.1) is 0 Å². The Morgan fingerprint density at radius 1 is 1.38 bits per heavy atom. The van der Waals surface area contributed by atoms with Gasteiger partial charge < -0.3 is 16.0 Å². The summed E-state index contributed by atoms with van der Waals surface area (Å²) in [6.45, 7) is 6.11. The van der Waals surface area contributed by atoms with Crippen molar-refractivity contribution in [2.45, 2.75) is 33.4 Å². The number of halogens is 1. The Morgan fingerprint density at radius 2 is 2.10 bits per heavy atom. The summed E-state index contributed by atoms with van der Waals surface area (Å²) in [5, 5.41) is 3.06. The Kier molecular flexibility index (Phi) is 7.15. The van der Waals surface area contributed by atoms with E-state index < -0.39 is 0 Å². The largest absolute Gasteiger partial charge is 0.370 e.